The number of fused-ring (bicyclic) bond motifs is 2. The number of carbonyl (C=O) groups is 1. The van der Waals surface area contributed by atoms with Crippen molar-refractivity contribution in [3.05, 3.63) is 59.4 Å². The third-order valence-corrected chi connectivity index (χ3v) is 4.10. The van der Waals surface area contributed by atoms with Crippen LogP contribution in [0.5, 0.6) is 5.75 Å². The topological polar surface area (TPSA) is 70.8 Å². The zero-order valence-corrected chi connectivity index (χ0v) is 12.8. The van der Waals surface area contributed by atoms with Gasteiger partial charge in [0, 0.05) is 21.9 Å². The van der Waals surface area contributed by atoms with Crippen molar-refractivity contribution < 1.29 is 9.53 Å². The summed E-state index contributed by atoms with van der Waals surface area (Å²) in [4.78, 5) is 16.0. The fraction of sp³-hybridized carbons (Fsp3) is 0.111. The number of hydrogen-bond donors (Lipinski definition) is 2. The normalized spacial score (nSPS) is 11.2. The molecular formula is C18H15N3O2. The monoisotopic (exact) mass is 305 g/mol. The van der Waals surface area contributed by atoms with Crippen LogP contribution in [0, 0.1) is 6.92 Å². The van der Waals surface area contributed by atoms with E-state index in [9.17, 15) is 4.79 Å². The Labute approximate surface area is 132 Å². The van der Waals surface area contributed by atoms with E-state index in [4.69, 9.17) is 4.74 Å². The molecule has 0 aliphatic heterocycles. The number of ether oxygens (including phenoxy) is 1. The summed E-state index contributed by atoms with van der Waals surface area (Å²) < 4.78 is 5.35. The molecule has 4 rings (SSSR count). The molecule has 0 aliphatic carbocycles. The van der Waals surface area contributed by atoms with E-state index in [0.29, 0.717) is 11.3 Å². The summed E-state index contributed by atoms with van der Waals surface area (Å²) in [5.41, 5.74) is 3.87. The van der Waals surface area contributed by atoms with Crippen molar-refractivity contribution in [2.24, 2.45) is 0 Å². The predicted octanol–water partition coefficient (Wildman–Crippen LogP) is 3.59. The van der Waals surface area contributed by atoms with Crippen LogP contribution in [0.15, 0.2) is 42.5 Å². The molecule has 0 saturated carbocycles. The fourth-order valence-corrected chi connectivity index (χ4v) is 2.87. The van der Waals surface area contributed by atoms with Gasteiger partial charge in [0.15, 0.2) is 0 Å². The van der Waals surface area contributed by atoms with Crippen LogP contribution >= 0.6 is 0 Å². The molecule has 0 bridgehead atoms. The molecule has 0 saturated heterocycles. The zero-order valence-electron chi connectivity index (χ0n) is 12.8. The summed E-state index contributed by atoms with van der Waals surface area (Å²) in [6, 6.07) is 13.1. The number of carbonyl (C=O) groups excluding carboxylic acids is 1. The molecular weight excluding hydrogens is 290 g/mol. The first-order valence-corrected chi connectivity index (χ1v) is 7.32. The van der Waals surface area contributed by atoms with Gasteiger partial charge in [-0.1, -0.05) is 6.07 Å². The molecule has 0 unspecified atom stereocenters. The highest BCUT2D eigenvalue weighted by atomic mass is 16.5. The van der Waals surface area contributed by atoms with Crippen LogP contribution in [0.2, 0.25) is 0 Å². The predicted molar refractivity (Wildman–Crippen MR) is 89.1 cm³/mol. The first-order chi connectivity index (χ1) is 11.2. The molecule has 0 radical (unpaired) electrons. The lowest BCUT2D eigenvalue weighted by Crippen LogP contribution is -2.01. The van der Waals surface area contributed by atoms with Gasteiger partial charge in [0.25, 0.3) is 0 Å². The standard InChI is InChI=1S/C18H15N3O2/c1-10-12-8-11(6-7-15(12)21-20-10)18(22)16-9-13-14(19-16)4-3-5-17(13)23-2/h3-9,19H,1-2H3,(H,20,21). The van der Waals surface area contributed by atoms with Gasteiger partial charge in [-0.05, 0) is 43.3 Å². The molecule has 2 aromatic heterocycles. The number of ketones is 1. The first-order valence-electron chi connectivity index (χ1n) is 7.32. The lowest BCUT2D eigenvalue weighted by atomic mass is 10.1. The number of hydrogen-bond acceptors (Lipinski definition) is 3. The lowest BCUT2D eigenvalue weighted by Gasteiger charge is -1.99. The number of benzene rings is 2. The van der Waals surface area contributed by atoms with Gasteiger partial charge in [0.1, 0.15) is 5.75 Å². The molecule has 114 valence electrons. The van der Waals surface area contributed by atoms with E-state index in [1.54, 1.807) is 7.11 Å². The highest BCUT2D eigenvalue weighted by Crippen LogP contribution is 2.27. The number of methoxy groups -OCH3 is 1. The minimum absolute atomic E-state index is 0.0502. The highest BCUT2D eigenvalue weighted by molar-refractivity contribution is 6.12. The van der Waals surface area contributed by atoms with Crippen LogP contribution in [0.4, 0.5) is 0 Å². The molecule has 2 heterocycles. The van der Waals surface area contributed by atoms with E-state index in [0.717, 1.165) is 33.2 Å². The van der Waals surface area contributed by atoms with Crippen molar-refractivity contribution >= 4 is 27.6 Å². The van der Waals surface area contributed by atoms with Crippen LogP contribution in [-0.2, 0) is 0 Å². The fourth-order valence-electron chi connectivity index (χ4n) is 2.87. The molecule has 0 spiro atoms. The third-order valence-electron chi connectivity index (χ3n) is 4.10. The van der Waals surface area contributed by atoms with E-state index in [1.807, 2.05) is 49.4 Å². The third kappa shape index (κ3) is 2.09. The Morgan fingerprint density at radius 2 is 1.96 bits per heavy atom. The molecule has 2 N–H and O–H groups in total. The summed E-state index contributed by atoms with van der Waals surface area (Å²) in [5, 5.41) is 8.97. The second-order valence-electron chi connectivity index (χ2n) is 5.50. The van der Waals surface area contributed by atoms with Gasteiger partial charge < -0.3 is 9.72 Å². The van der Waals surface area contributed by atoms with Crippen LogP contribution in [0.1, 0.15) is 21.7 Å². The van der Waals surface area contributed by atoms with Crippen LogP contribution in [0.25, 0.3) is 21.8 Å². The lowest BCUT2D eigenvalue weighted by molar-refractivity contribution is 0.103. The minimum atomic E-state index is -0.0502. The Balaban J connectivity index is 1.82. The number of aromatic nitrogens is 3. The Hall–Kier alpha value is -3.08. The van der Waals surface area contributed by atoms with E-state index in [1.165, 1.54) is 0 Å². The second-order valence-corrected chi connectivity index (χ2v) is 5.50. The number of aromatic amines is 2. The van der Waals surface area contributed by atoms with Crippen molar-refractivity contribution in [2.75, 3.05) is 7.11 Å². The van der Waals surface area contributed by atoms with Gasteiger partial charge in [0.05, 0.1) is 24.0 Å². The maximum absolute atomic E-state index is 12.8. The molecule has 5 nitrogen and oxygen atoms in total. The van der Waals surface area contributed by atoms with Crippen molar-refractivity contribution in [1.82, 2.24) is 15.2 Å². The molecule has 2 aromatic carbocycles. The maximum atomic E-state index is 12.8. The molecule has 5 heteroatoms. The summed E-state index contributed by atoms with van der Waals surface area (Å²) in [6.07, 6.45) is 0. The van der Waals surface area contributed by atoms with Gasteiger partial charge >= 0.3 is 0 Å². The average Bonchev–Trinajstić information content (AvgIpc) is 3.17. The maximum Gasteiger partial charge on any atom is 0.209 e. The smallest absolute Gasteiger partial charge is 0.209 e. The van der Waals surface area contributed by atoms with E-state index >= 15 is 0 Å². The van der Waals surface area contributed by atoms with Crippen molar-refractivity contribution in [3.63, 3.8) is 0 Å². The number of rotatable bonds is 3. The van der Waals surface area contributed by atoms with Crippen LogP contribution in [-0.4, -0.2) is 28.1 Å². The van der Waals surface area contributed by atoms with Gasteiger partial charge in [-0.3, -0.25) is 9.89 Å². The highest BCUT2D eigenvalue weighted by Gasteiger charge is 2.15. The summed E-state index contributed by atoms with van der Waals surface area (Å²) in [6.45, 7) is 1.92. The Morgan fingerprint density at radius 3 is 2.78 bits per heavy atom. The minimum Gasteiger partial charge on any atom is -0.496 e. The average molecular weight is 305 g/mol. The van der Waals surface area contributed by atoms with E-state index < -0.39 is 0 Å². The molecule has 23 heavy (non-hydrogen) atoms. The van der Waals surface area contributed by atoms with Gasteiger partial charge in [-0.25, -0.2) is 0 Å². The molecule has 4 aromatic rings. The molecule has 0 fully saturated rings. The quantitative estimate of drug-likeness (QED) is 0.568. The Morgan fingerprint density at radius 1 is 1.09 bits per heavy atom. The van der Waals surface area contributed by atoms with Gasteiger partial charge in [0.2, 0.25) is 5.78 Å². The van der Waals surface area contributed by atoms with Crippen molar-refractivity contribution in [3.8, 4) is 5.75 Å². The molecule has 0 atom stereocenters. The van der Waals surface area contributed by atoms with Crippen molar-refractivity contribution in [2.45, 2.75) is 6.92 Å². The number of nitrogens with one attached hydrogen (secondary N) is 2. The SMILES string of the molecule is COc1cccc2[nH]c(C(=O)c3ccc4[nH]nc(C)c4c3)cc12. The Kier molecular flexibility index (Phi) is 2.94. The summed E-state index contributed by atoms with van der Waals surface area (Å²) in [5.74, 6) is 0.699. The van der Waals surface area contributed by atoms with Crippen molar-refractivity contribution in [1.29, 1.82) is 0 Å². The number of nitrogens with zero attached hydrogens (tertiary/aromatic N) is 1. The van der Waals surface area contributed by atoms with Gasteiger partial charge in [-0.15, -0.1) is 0 Å². The summed E-state index contributed by atoms with van der Waals surface area (Å²) >= 11 is 0. The van der Waals surface area contributed by atoms with Crippen LogP contribution < -0.4 is 4.74 Å². The van der Waals surface area contributed by atoms with Crippen LogP contribution in [0.3, 0.4) is 0 Å². The molecule has 0 amide bonds. The second kappa shape index (κ2) is 4.98. The summed E-state index contributed by atoms with van der Waals surface area (Å²) in [7, 11) is 1.62. The first kappa shape index (κ1) is 13.6. The Bertz CT molecular complexity index is 1040. The van der Waals surface area contributed by atoms with E-state index in [2.05, 4.69) is 15.2 Å². The van der Waals surface area contributed by atoms with E-state index in [-0.39, 0.29) is 5.78 Å². The number of aryl methyl sites for hydroxylation is 1. The zero-order chi connectivity index (χ0) is 16.0. The largest absolute Gasteiger partial charge is 0.496 e. The number of H-pyrrole nitrogens is 2. The molecule has 0 aliphatic rings. The van der Waals surface area contributed by atoms with Gasteiger partial charge in [-0.2, -0.15) is 5.10 Å².